The first-order chi connectivity index (χ1) is 11.5. The second-order valence-corrected chi connectivity index (χ2v) is 9.98. The van der Waals surface area contributed by atoms with Gasteiger partial charge in [0.2, 0.25) is 0 Å². The van der Waals surface area contributed by atoms with Crippen LogP contribution in [0.5, 0.6) is 0 Å². The molecule has 5 atom stereocenters. The van der Waals surface area contributed by atoms with Crippen molar-refractivity contribution in [2.75, 3.05) is 0 Å². The zero-order chi connectivity index (χ0) is 16.9. The molecule has 5 unspecified atom stereocenters. The molecule has 0 amide bonds. The van der Waals surface area contributed by atoms with Gasteiger partial charge in [0.05, 0.1) is 5.41 Å². The van der Waals surface area contributed by atoms with E-state index >= 15 is 0 Å². The van der Waals surface area contributed by atoms with Crippen LogP contribution in [0.1, 0.15) is 91.4 Å². The summed E-state index contributed by atoms with van der Waals surface area (Å²) in [5.41, 5.74) is -0.432. The van der Waals surface area contributed by atoms with Gasteiger partial charge in [-0.25, -0.2) is 0 Å². The lowest BCUT2D eigenvalue weighted by Crippen LogP contribution is -2.52. The maximum Gasteiger partial charge on any atom is 0.312 e. The number of carbonyl (C=O) groups excluding carboxylic acids is 1. The highest BCUT2D eigenvalue weighted by atomic mass is 16.6. The molecule has 4 aliphatic rings. The van der Waals surface area contributed by atoms with Crippen molar-refractivity contribution in [1.82, 2.24) is 0 Å². The normalized spacial score (nSPS) is 42.3. The Bertz CT molecular complexity index is 490. The molecule has 0 N–H and O–H groups in total. The monoisotopic (exact) mass is 332 g/mol. The second kappa shape index (κ2) is 6.02. The fraction of sp³-hybridized carbons (Fsp3) is 0.955. The Morgan fingerprint density at radius 1 is 1.04 bits per heavy atom. The summed E-state index contributed by atoms with van der Waals surface area (Å²) in [6, 6.07) is 0. The van der Waals surface area contributed by atoms with Gasteiger partial charge in [-0.3, -0.25) is 4.79 Å². The van der Waals surface area contributed by atoms with E-state index in [1.807, 2.05) is 0 Å². The third-order valence-electron chi connectivity index (χ3n) is 8.53. The Morgan fingerprint density at radius 2 is 1.75 bits per heavy atom. The molecule has 4 saturated carbocycles. The molecular formula is C22H36O2. The fourth-order valence-electron chi connectivity index (χ4n) is 6.85. The lowest BCUT2D eigenvalue weighted by atomic mass is 9.64. The number of carbonyl (C=O) groups is 1. The van der Waals surface area contributed by atoms with Crippen molar-refractivity contribution in [3.63, 3.8) is 0 Å². The van der Waals surface area contributed by atoms with Gasteiger partial charge in [-0.2, -0.15) is 0 Å². The standard InChI is InChI=1S/C22H36O2/c1-4-21(2,3)20(23)24-22(16-9-6-5-7-10-16)14-15-13-19(22)18-12-8-11-17(15)18/h15-19H,4-14H2,1-3H3. The summed E-state index contributed by atoms with van der Waals surface area (Å²) in [7, 11) is 0. The van der Waals surface area contributed by atoms with E-state index < -0.39 is 0 Å². The van der Waals surface area contributed by atoms with Gasteiger partial charge in [0.25, 0.3) is 0 Å². The van der Waals surface area contributed by atoms with Crippen LogP contribution in [0.2, 0.25) is 0 Å². The van der Waals surface area contributed by atoms with E-state index in [1.165, 1.54) is 64.2 Å². The van der Waals surface area contributed by atoms with Crippen LogP contribution < -0.4 is 0 Å². The average Bonchev–Trinajstić information content (AvgIpc) is 3.27. The van der Waals surface area contributed by atoms with Crippen LogP contribution in [0.25, 0.3) is 0 Å². The van der Waals surface area contributed by atoms with Gasteiger partial charge >= 0.3 is 5.97 Å². The van der Waals surface area contributed by atoms with Crippen molar-refractivity contribution in [3.8, 4) is 0 Å². The van der Waals surface area contributed by atoms with Crippen LogP contribution in [0, 0.1) is 35.0 Å². The van der Waals surface area contributed by atoms with Crippen LogP contribution in [-0.2, 0) is 9.53 Å². The molecule has 2 nitrogen and oxygen atoms in total. The zero-order valence-electron chi connectivity index (χ0n) is 16.0. The second-order valence-electron chi connectivity index (χ2n) is 9.98. The quantitative estimate of drug-likeness (QED) is 0.613. The third kappa shape index (κ3) is 2.46. The summed E-state index contributed by atoms with van der Waals surface area (Å²) < 4.78 is 6.60. The summed E-state index contributed by atoms with van der Waals surface area (Å²) in [4.78, 5) is 13.0. The summed E-state index contributed by atoms with van der Waals surface area (Å²) >= 11 is 0. The highest BCUT2D eigenvalue weighted by Crippen LogP contribution is 2.66. The molecule has 4 fully saturated rings. The minimum Gasteiger partial charge on any atom is -0.458 e. The Kier molecular flexibility index (Phi) is 4.24. The summed E-state index contributed by atoms with van der Waals surface area (Å²) in [5, 5.41) is 0. The number of hydrogen-bond acceptors (Lipinski definition) is 2. The molecule has 0 aliphatic heterocycles. The maximum atomic E-state index is 13.0. The predicted molar refractivity (Wildman–Crippen MR) is 96.5 cm³/mol. The minimum atomic E-state index is -0.335. The van der Waals surface area contributed by atoms with Crippen molar-refractivity contribution in [1.29, 1.82) is 0 Å². The highest BCUT2D eigenvalue weighted by Gasteiger charge is 2.65. The van der Waals surface area contributed by atoms with Gasteiger partial charge in [-0.1, -0.05) is 32.6 Å². The number of esters is 1. The van der Waals surface area contributed by atoms with Crippen molar-refractivity contribution < 1.29 is 9.53 Å². The number of hydrogen-bond donors (Lipinski definition) is 0. The van der Waals surface area contributed by atoms with E-state index in [9.17, 15) is 4.79 Å². The van der Waals surface area contributed by atoms with E-state index in [2.05, 4.69) is 20.8 Å². The van der Waals surface area contributed by atoms with Crippen molar-refractivity contribution in [2.45, 2.75) is 97.0 Å². The van der Waals surface area contributed by atoms with Crippen LogP contribution in [0.4, 0.5) is 0 Å². The van der Waals surface area contributed by atoms with Crippen LogP contribution in [0.3, 0.4) is 0 Å². The smallest absolute Gasteiger partial charge is 0.312 e. The van der Waals surface area contributed by atoms with Gasteiger partial charge in [-0.15, -0.1) is 0 Å². The van der Waals surface area contributed by atoms with Gasteiger partial charge in [0, 0.05) is 5.92 Å². The Hall–Kier alpha value is -0.530. The van der Waals surface area contributed by atoms with Crippen molar-refractivity contribution in [3.05, 3.63) is 0 Å². The Labute approximate surface area is 148 Å². The van der Waals surface area contributed by atoms with Crippen molar-refractivity contribution in [2.24, 2.45) is 35.0 Å². The Morgan fingerprint density at radius 3 is 2.46 bits per heavy atom. The molecule has 0 aromatic heterocycles. The molecule has 4 rings (SSSR count). The first kappa shape index (κ1) is 16.9. The largest absolute Gasteiger partial charge is 0.458 e. The lowest BCUT2D eigenvalue weighted by Gasteiger charge is -2.49. The molecule has 0 radical (unpaired) electrons. The first-order valence-electron chi connectivity index (χ1n) is 10.7. The Balaban J connectivity index is 1.63. The molecule has 2 heteroatoms. The van der Waals surface area contributed by atoms with Crippen LogP contribution in [0.15, 0.2) is 0 Å². The van der Waals surface area contributed by atoms with E-state index in [1.54, 1.807) is 0 Å². The number of ether oxygens (including phenoxy) is 1. The van der Waals surface area contributed by atoms with E-state index in [0.29, 0.717) is 11.8 Å². The van der Waals surface area contributed by atoms with Crippen LogP contribution in [-0.4, -0.2) is 11.6 Å². The van der Waals surface area contributed by atoms with E-state index in [4.69, 9.17) is 4.74 Å². The van der Waals surface area contributed by atoms with Gasteiger partial charge < -0.3 is 4.74 Å². The molecule has 0 aromatic carbocycles. The summed E-state index contributed by atoms with van der Waals surface area (Å²) in [6.45, 7) is 6.24. The first-order valence-corrected chi connectivity index (χ1v) is 10.7. The predicted octanol–water partition coefficient (Wildman–Crippen LogP) is 5.74. The minimum absolute atomic E-state index is 0.0812. The molecule has 0 spiro atoms. The molecule has 4 aliphatic carbocycles. The summed E-state index contributed by atoms with van der Waals surface area (Å²) in [6.07, 6.45) is 14.3. The number of rotatable bonds is 4. The van der Waals surface area contributed by atoms with Gasteiger partial charge in [0.15, 0.2) is 0 Å². The lowest BCUT2D eigenvalue weighted by molar-refractivity contribution is -0.192. The fourth-order valence-corrected chi connectivity index (χ4v) is 6.85. The van der Waals surface area contributed by atoms with E-state index in [-0.39, 0.29) is 17.0 Å². The average molecular weight is 333 g/mol. The maximum absolute atomic E-state index is 13.0. The van der Waals surface area contributed by atoms with E-state index in [0.717, 1.165) is 24.2 Å². The molecule has 136 valence electrons. The number of fused-ring (bicyclic) bond motifs is 5. The summed E-state index contributed by atoms with van der Waals surface area (Å²) in [5.74, 6) is 4.07. The van der Waals surface area contributed by atoms with Gasteiger partial charge in [-0.05, 0) is 82.5 Å². The van der Waals surface area contributed by atoms with Crippen molar-refractivity contribution >= 4 is 5.97 Å². The molecule has 2 bridgehead atoms. The molecule has 0 aromatic rings. The topological polar surface area (TPSA) is 26.3 Å². The molecule has 0 heterocycles. The molecule has 0 saturated heterocycles. The zero-order valence-corrected chi connectivity index (χ0v) is 16.0. The molecular weight excluding hydrogens is 296 g/mol. The SMILES string of the molecule is CCC(C)(C)C(=O)OC1(C2CCCCC2)CC2CC1C1CCCC21. The third-order valence-corrected chi connectivity index (χ3v) is 8.53. The van der Waals surface area contributed by atoms with Crippen LogP contribution >= 0.6 is 0 Å². The van der Waals surface area contributed by atoms with Gasteiger partial charge in [0.1, 0.15) is 5.60 Å². The molecule has 24 heavy (non-hydrogen) atoms. The highest BCUT2D eigenvalue weighted by molar-refractivity contribution is 5.76.